The average molecular weight is 295 g/mol. The van der Waals surface area contributed by atoms with E-state index in [1.54, 1.807) is 6.07 Å². The van der Waals surface area contributed by atoms with E-state index in [1.165, 1.54) is 11.8 Å². The zero-order valence-electron chi connectivity index (χ0n) is 11.1. The van der Waals surface area contributed by atoms with Crippen molar-refractivity contribution in [2.75, 3.05) is 0 Å². The van der Waals surface area contributed by atoms with Gasteiger partial charge in [0.2, 0.25) is 0 Å². The Bertz CT molecular complexity index is 593. The van der Waals surface area contributed by atoms with E-state index in [9.17, 15) is 5.11 Å². The monoisotopic (exact) mass is 294 g/mol. The summed E-state index contributed by atoms with van der Waals surface area (Å²) in [6, 6.07) is 5.48. The van der Waals surface area contributed by atoms with Gasteiger partial charge in [0.25, 0.3) is 0 Å². The fourth-order valence-corrected chi connectivity index (χ4v) is 2.96. The first-order valence-corrected chi connectivity index (χ1v) is 7.10. The molecule has 1 N–H and O–H groups in total. The summed E-state index contributed by atoms with van der Waals surface area (Å²) in [6.07, 6.45) is 0. The van der Waals surface area contributed by atoms with Gasteiger partial charge in [-0.15, -0.1) is 0 Å². The first-order valence-electron chi connectivity index (χ1n) is 5.91. The Kier molecular flexibility index (Phi) is 4.45. The Morgan fingerprint density at radius 2 is 1.79 bits per heavy atom. The van der Waals surface area contributed by atoms with Crippen LogP contribution < -0.4 is 0 Å². The summed E-state index contributed by atoms with van der Waals surface area (Å²) < 4.78 is 0. The molecule has 0 fully saturated rings. The van der Waals surface area contributed by atoms with Crippen molar-refractivity contribution in [3.63, 3.8) is 0 Å². The third-order valence-corrected chi connectivity index (χ3v) is 4.50. The zero-order chi connectivity index (χ0) is 14.0. The molecule has 0 aliphatic carbocycles. The second-order valence-electron chi connectivity index (χ2n) is 4.29. The summed E-state index contributed by atoms with van der Waals surface area (Å²) in [7, 11) is 0. The minimum Gasteiger partial charge on any atom is -0.392 e. The highest BCUT2D eigenvalue weighted by Gasteiger charge is 2.12. The van der Waals surface area contributed by atoms with Crippen LogP contribution in [-0.2, 0) is 6.61 Å². The zero-order valence-corrected chi connectivity index (χ0v) is 12.6. The molecule has 5 heteroatoms. The van der Waals surface area contributed by atoms with E-state index in [0.717, 1.165) is 27.4 Å². The van der Waals surface area contributed by atoms with Gasteiger partial charge in [-0.1, -0.05) is 23.7 Å². The number of nitrogens with zero attached hydrogens (tertiary/aromatic N) is 2. The number of aryl methyl sites for hydroxylation is 2. The van der Waals surface area contributed by atoms with Crippen LogP contribution in [0.25, 0.3) is 0 Å². The number of hydrogen-bond acceptors (Lipinski definition) is 4. The standard InChI is InChI=1S/C14H15ClN2OS/c1-8-9(2)16-14(17-10(8)3)19-13-11(7-18)5-4-6-12(13)15/h4-6,18H,7H2,1-3H3. The lowest BCUT2D eigenvalue weighted by atomic mass is 10.2. The minimum atomic E-state index is -0.0489. The van der Waals surface area contributed by atoms with E-state index in [2.05, 4.69) is 9.97 Å². The molecule has 2 rings (SSSR count). The van der Waals surface area contributed by atoms with Crippen molar-refractivity contribution < 1.29 is 5.11 Å². The van der Waals surface area contributed by atoms with Crippen molar-refractivity contribution in [3.05, 3.63) is 45.7 Å². The van der Waals surface area contributed by atoms with Crippen molar-refractivity contribution in [2.45, 2.75) is 37.4 Å². The smallest absolute Gasteiger partial charge is 0.192 e. The number of hydrogen-bond donors (Lipinski definition) is 1. The second-order valence-corrected chi connectivity index (χ2v) is 5.67. The van der Waals surface area contributed by atoms with Crippen molar-refractivity contribution >= 4 is 23.4 Å². The maximum atomic E-state index is 9.36. The molecule has 1 aromatic carbocycles. The van der Waals surface area contributed by atoms with Gasteiger partial charge < -0.3 is 5.11 Å². The molecule has 0 aliphatic heterocycles. The summed E-state index contributed by atoms with van der Waals surface area (Å²) in [6.45, 7) is 5.89. The van der Waals surface area contributed by atoms with E-state index in [0.29, 0.717) is 10.2 Å². The van der Waals surface area contributed by atoms with Gasteiger partial charge in [-0.2, -0.15) is 0 Å². The molecule has 0 spiro atoms. The second kappa shape index (κ2) is 5.90. The van der Waals surface area contributed by atoms with Gasteiger partial charge in [-0.05, 0) is 49.7 Å². The molecular formula is C14H15ClN2OS. The van der Waals surface area contributed by atoms with Crippen LogP contribution in [0, 0.1) is 20.8 Å². The van der Waals surface area contributed by atoms with Crippen LogP contribution in [0.5, 0.6) is 0 Å². The number of benzene rings is 1. The Morgan fingerprint density at radius 1 is 1.16 bits per heavy atom. The largest absolute Gasteiger partial charge is 0.392 e. The molecule has 0 atom stereocenters. The van der Waals surface area contributed by atoms with Gasteiger partial charge in [0.15, 0.2) is 5.16 Å². The molecule has 0 unspecified atom stereocenters. The number of aliphatic hydroxyl groups is 1. The molecule has 0 aliphatic rings. The van der Waals surface area contributed by atoms with E-state index < -0.39 is 0 Å². The van der Waals surface area contributed by atoms with Crippen molar-refractivity contribution in [1.82, 2.24) is 9.97 Å². The quantitative estimate of drug-likeness (QED) is 0.877. The number of halogens is 1. The predicted octanol–water partition coefficient (Wildman–Crippen LogP) is 3.70. The van der Waals surface area contributed by atoms with Crippen LogP contribution in [-0.4, -0.2) is 15.1 Å². The third kappa shape index (κ3) is 3.08. The van der Waals surface area contributed by atoms with Crippen LogP contribution in [0.3, 0.4) is 0 Å². The number of rotatable bonds is 3. The molecule has 0 saturated heterocycles. The lowest BCUT2D eigenvalue weighted by molar-refractivity contribution is 0.279. The summed E-state index contributed by atoms with van der Waals surface area (Å²) in [5.74, 6) is 0. The first-order chi connectivity index (χ1) is 9.02. The summed E-state index contributed by atoms with van der Waals surface area (Å²) in [4.78, 5) is 9.73. The summed E-state index contributed by atoms with van der Waals surface area (Å²) in [5, 5.41) is 10.6. The van der Waals surface area contributed by atoms with Crippen LogP contribution in [0.4, 0.5) is 0 Å². The Labute approximate surface area is 122 Å². The van der Waals surface area contributed by atoms with E-state index in [4.69, 9.17) is 11.6 Å². The van der Waals surface area contributed by atoms with Crippen molar-refractivity contribution in [1.29, 1.82) is 0 Å². The third-order valence-electron chi connectivity index (χ3n) is 3.02. The van der Waals surface area contributed by atoms with Gasteiger partial charge >= 0.3 is 0 Å². The van der Waals surface area contributed by atoms with Gasteiger partial charge in [0.1, 0.15) is 0 Å². The van der Waals surface area contributed by atoms with Crippen LogP contribution in [0.15, 0.2) is 28.3 Å². The minimum absolute atomic E-state index is 0.0489. The molecule has 0 bridgehead atoms. The predicted molar refractivity (Wildman–Crippen MR) is 77.7 cm³/mol. The maximum absolute atomic E-state index is 9.36. The topological polar surface area (TPSA) is 46.0 Å². The number of aromatic nitrogens is 2. The molecule has 2 aromatic rings. The van der Waals surface area contributed by atoms with E-state index >= 15 is 0 Å². The molecule has 3 nitrogen and oxygen atoms in total. The van der Waals surface area contributed by atoms with Crippen LogP contribution in [0.1, 0.15) is 22.5 Å². The lowest BCUT2D eigenvalue weighted by Crippen LogP contribution is -1.98. The van der Waals surface area contributed by atoms with Crippen molar-refractivity contribution in [3.8, 4) is 0 Å². The summed E-state index contributed by atoms with van der Waals surface area (Å²) in [5.41, 5.74) is 3.82. The Balaban J connectivity index is 2.42. The molecule has 100 valence electrons. The van der Waals surface area contributed by atoms with Crippen LogP contribution in [0.2, 0.25) is 5.02 Å². The highest BCUT2D eigenvalue weighted by Crippen LogP contribution is 2.34. The van der Waals surface area contributed by atoms with E-state index in [1.807, 2.05) is 32.9 Å². The lowest BCUT2D eigenvalue weighted by Gasteiger charge is -2.10. The summed E-state index contributed by atoms with van der Waals surface area (Å²) >= 11 is 7.57. The van der Waals surface area contributed by atoms with Crippen LogP contribution >= 0.6 is 23.4 Å². The number of aliphatic hydroxyl groups excluding tert-OH is 1. The van der Waals surface area contributed by atoms with E-state index in [-0.39, 0.29) is 6.61 Å². The molecule has 19 heavy (non-hydrogen) atoms. The van der Waals surface area contributed by atoms with Gasteiger partial charge in [0, 0.05) is 16.3 Å². The average Bonchev–Trinajstić information content (AvgIpc) is 2.38. The normalized spacial score (nSPS) is 10.8. The molecular weight excluding hydrogens is 280 g/mol. The molecule has 0 amide bonds. The highest BCUT2D eigenvalue weighted by atomic mass is 35.5. The fourth-order valence-electron chi connectivity index (χ4n) is 1.67. The molecule has 1 aromatic heterocycles. The first kappa shape index (κ1) is 14.3. The van der Waals surface area contributed by atoms with Crippen molar-refractivity contribution in [2.24, 2.45) is 0 Å². The SMILES string of the molecule is Cc1nc(Sc2c(Cl)cccc2CO)nc(C)c1C. The van der Waals surface area contributed by atoms with Gasteiger partial charge in [0.05, 0.1) is 11.6 Å². The van der Waals surface area contributed by atoms with Gasteiger partial charge in [-0.25, -0.2) is 9.97 Å². The molecule has 0 radical (unpaired) electrons. The fraction of sp³-hybridized carbons (Fsp3) is 0.286. The Hall–Kier alpha value is -1.10. The van der Waals surface area contributed by atoms with Gasteiger partial charge in [-0.3, -0.25) is 0 Å². The Morgan fingerprint density at radius 3 is 2.37 bits per heavy atom. The molecule has 1 heterocycles. The maximum Gasteiger partial charge on any atom is 0.192 e. The highest BCUT2D eigenvalue weighted by molar-refractivity contribution is 7.99. The molecule has 0 saturated carbocycles.